The molecule has 1 aliphatic rings. The molecule has 0 aromatic heterocycles. The summed E-state index contributed by atoms with van der Waals surface area (Å²) in [4.78, 5) is 13.8. The lowest BCUT2D eigenvalue weighted by atomic mass is 10.1. The highest BCUT2D eigenvalue weighted by molar-refractivity contribution is 7.92. The number of nitrogens with zero attached hydrogens (tertiary/aromatic N) is 1. The maximum absolute atomic E-state index is 12.9. The van der Waals surface area contributed by atoms with Crippen LogP contribution >= 0.6 is 0 Å². The molecule has 0 aliphatic carbocycles. The number of fused-ring (bicyclic) bond motifs is 2. The fourth-order valence-corrected chi connectivity index (χ4v) is 4.61. The van der Waals surface area contributed by atoms with Gasteiger partial charge < -0.3 is 10.2 Å². The molecule has 24 heavy (non-hydrogen) atoms. The monoisotopic (exact) mass is 344 g/mol. The summed E-state index contributed by atoms with van der Waals surface area (Å²) in [5.74, 6) is 0.0969. The van der Waals surface area contributed by atoms with Crippen molar-refractivity contribution in [1.29, 1.82) is 0 Å². The number of hydrogen-bond acceptors (Lipinski definition) is 4. The molecule has 2 aromatic carbocycles. The Balaban J connectivity index is 2.03. The van der Waals surface area contributed by atoms with E-state index < -0.39 is 9.84 Å². The van der Waals surface area contributed by atoms with Crippen LogP contribution in [0.3, 0.4) is 0 Å². The Morgan fingerprint density at radius 3 is 2.04 bits per heavy atom. The number of benzene rings is 2. The van der Waals surface area contributed by atoms with Crippen molar-refractivity contribution < 1.29 is 13.2 Å². The molecule has 1 atom stereocenters. The second kappa shape index (κ2) is 6.28. The third-order valence-electron chi connectivity index (χ3n) is 4.08. The first-order valence-electron chi connectivity index (χ1n) is 7.86. The van der Waals surface area contributed by atoms with E-state index in [9.17, 15) is 13.2 Å². The van der Waals surface area contributed by atoms with E-state index in [4.69, 9.17) is 0 Å². The van der Waals surface area contributed by atoms with Crippen LogP contribution in [0, 0.1) is 5.92 Å². The Morgan fingerprint density at radius 2 is 1.54 bits per heavy atom. The normalized spacial score (nSPS) is 16.0. The van der Waals surface area contributed by atoms with Gasteiger partial charge in [0.1, 0.15) is 0 Å². The van der Waals surface area contributed by atoms with Gasteiger partial charge in [0.2, 0.25) is 15.7 Å². The Hall–Kier alpha value is -2.34. The number of rotatable bonds is 4. The molecule has 6 heteroatoms. The lowest BCUT2D eigenvalue weighted by molar-refractivity contribution is -0.119. The smallest absolute Gasteiger partial charge is 0.216 e. The Morgan fingerprint density at radius 1 is 1.04 bits per heavy atom. The van der Waals surface area contributed by atoms with Crippen molar-refractivity contribution in [3.8, 4) is 0 Å². The van der Waals surface area contributed by atoms with Gasteiger partial charge in [0, 0.05) is 20.0 Å². The van der Waals surface area contributed by atoms with E-state index in [2.05, 4.69) is 5.32 Å². The molecule has 0 saturated heterocycles. The van der Waals surface area contributed by atoms with Gasteiger partial charge in [0.25, 0.3) is 0 Å². The topological polar surface area (TPSA) is 66.5 Å². The predicted molar refractivity (Wildman–Crippen MR) is 93.2 cm³/mol. The first-order chi connectivity index (χ1) is 11.4. The highest BCUT2D eigenvalue weighted by Crippen LogP contribution is 2.43. The number of anilines is 2. The van der Waals surface area contributed by atoms with Gasteiger partial charge in [-0.25, -0.2) is 8.42 Å². The maximum Gasteiger partial charge on any atom is 0.216 e. The van der Waals surface area contributed by atoms with Crippen LogP contribution in [-0.4, -0.2) is 27.4 Å². The van der Waals surface area contributed by atoms with Crippen molar-refractivity contribution in [3.63, 3.8) is 0 Å². The highest BCUT2D eigenvalue weighted by Gasteiger charge is 2.33. The van der Waals surface area contributed by atoms with Crippen LogP contribution in [0.1, 0.15) is 13.8 Å². The van der Waals surface area contributed by atoms with Gasteiger partial charge in [0.05, 0.1) is 21.2 Å². The van der Waals surface area contributed by atoms with Gasteiger partial charge in [0.15, 0.2) is 0 Å². The third kappa shape index (κ3) is 2.89. The van der Waals surface area contributed by atoms with Crippen molar-refractivity contribution in [2.75, 3.05) is 18.0 Å². The van der Waals surface area contributed by atoms with E-state index in [1.807, 2.05) is 36.1 Å². The largest absolute Gasteiger partial charge is 0.356 e. The molecule has 0 bridgehead atoms. The molecule has 2 aromatic rings. The molecule has 1 heterocycles. The van der Waals surface area contributed by atoms with Crippen molar-refractivity contribution in [1.82, 2.24) is 5.32 Å². The summed E-state index contributed by atoms with van der Waals surface area (Å²) >= 11 is 0. The van der Waals surface area contributed by atoms with E-state index in [1.54, 1.807) is 24.3 Å². The average molecular weight is 344 g/mol. The van der Waals surface area contributed by atoms with E-state index in [0.29, 0.717) is 34.3 Å². The lowest BCUT2D eigenvalue weighted by Crippen LogP contribution is -2.35. The standard InChI is InChI=1S/C18H20N2O3S/c1-13(11-19-14(2)21)12-20-15-7-3-5-9-17(15)24(22,23)18-10-6-4-8-16(18)20/h3-10,13H,11-12H2,1-2H3,(H,19,21). The summed E-state index contributed by atoms with van der Waals surface area (Å²) < 4.78 is 25.7. The Labute approximate surface area is 142 Å². The summed E-state index contributed by atoms with van der Waals surface area (Å²) in [5.41, 5.74) is 1.37. The zero-order valence-corrected chi connectivity index (χ0v) is 14.5. The SMILES string of the molecule is CC(=O)NCC(C)CN1c2ccccc2S(=O)(=O)c2ccccc21. The van der Waals surface area contributed by atoms with Crippen molar-refractivity contribution >= 4 is 27.1 Å². The molecular formula is C18H20N2O3S. The Kier molecular flexibility index (Phi) is 4.32. The summed E-state index contributed by atoms with van der Waals surface area (Å²) in [6.07, 6.45) is 0. The molecule has 0 radical (unpaired) electrons. The lowest BCUT2D eigenvalue weighted by Gasteiger charge is -2.34. The second-order valence-corrected chi connectivity index (χ2v) is 7.98. The number of hydrogen-bond donors (Lipinski definition) is 1. The quantitative estimate of drug-likeness (QED) is 0.926. The van der Waals surface area contributed by atoms with Crippen LogP contribution in [-0.2, 0) is 14.6 Å². The first kappa shape index (κ1) is 16.5. The zero-order chi connectivity index (χ0) is 17.3. The average Bonchev–Trinajstić information content (AvgIpc) is 2.57. The number of carbonyl (C=O) groups is 1. The molecule has 126 valence electrons. The molecule has 0 spiro atoms. The molecule has 1 amide bonds. The van der Waals surface area contributed by atoms with E-state index >= 15 is 0 Å². The van der Waals surface area contributed by atoms with Crippen molar-refractivity contribution in [3.05, 3.63) is 48.5 Å². The molecule has 0 saturated carbocycles. The van der Waals surface area contributed by atoms with E-state index in [0.717, 1.165) is 0 Å². The van der Waals surface area contributed by atoms with Crippen LogP contribution in [0.15, 0.2) is 58.3 Å². The fourth-order valence-electron chi connectivity index (χ4n) is 2.95. The first-order valence-corrected chi connectivity index (χ1v) is 9.34. The minimum atomic E-state index is -3.51. The molecule has 5 nitrogen and oxygen atoms in total. The number of sulfone groups is 1. The van der Waals surface area contributed by atoms with Gasteiger partial charge in [-0.1, -0.05) is 31.2 Å². The molecule has 3 rings (SSSR count). The third-order valence-corrected chi connectivity index (χ3v) is 5.93. The molecule has 1 aliphatic heterocycles. The van der Waals surface area contributed by atoms with E-state index in [1.165, 1.54) is 6.92 Å². The zero-order valence-electron chi connectivity index (χ0n) is 13.7. The van der Waals surface area contributed by atoms with Gasteiger partial charge in [-0.3, -0.25) is 4.79 Å². The van der Waals surface area contributed by atoms with Gasteiger partial charge in [-0.2, -0.15) is 0 Å². The molecule has 1 unspecified atom stereocenters. The van der Waals surface area contributed by atoms with Crippen LogP contribution in [0.5, 0.6) is 0 Å². The molecule has 0 fully saturated rings. The number of para-hydroxylation sites is 2. The Bertz CT molecular complexity index is 824. The maximum atomic E-state index is 12.9. The predicted octanol–water partition coefficient (Wildman–Crippen LogP) is 2.74. The van der Waals surface area contributed by atoms with Gasteiger partial charge in [-0.05, 0) is 30.2 Å². The van der Waals surface area contributed by atoms with Gasteiger partial charge in [-0.15, -0.1) is 0 Å². The van der Waals surface area contributed by atoms with Crippen LogP contribution in [0.2, 0.25) is 0 Å². The summed E-state index contributed by atoms with van der Waals surface area (Å²) in [6, 6.07) is 14.1. The van der Waals surface area contributed by atoms with Gasteiger partial charge >= 0.3 is 0 Å². The van der Waals surface area contributed by atoms with Crippen LogP contribution < -0.4 is 10.2 Å². The van der Waals surface area contributed by atoms with Crippen molar-refractivity contribution in [2.24, 2.45) is 5.92 Å². The molecule has 1 N–H and O–H groups in total. The second-order valence-electron chi connectivity index (χ2n) is 6.09. The summed E-state index contributed by atoms with van der Waals surface area (Å²) in [6.45, 7) is 4.68. The van der Waals surface area contributed by atoms with Crippen molar-refractivity contribution in [2.45, 2.75) is 23.6 Å². The number of carbonyl (C=O) groups excluding carboxylic acids is 1. The summed E-state index contributed by atoms with van der Waals surface area (Å²) in [5, 5.41) is 2.82. The minimum Gasteiger partial charge on any atom is -0.356 e. The number of nitrogens with one attached hydrogen (secondary N) is 1. The number of amides is 1. The van der Waals surface area contributed by atoms with Crippen LogP contribution in [0.4, 0.5) is 11.4 Å². The molecular weight excluding hydrogens is 324 g/mol. The minimum absolute atomic E-state index is 0.0659. The highest BCUT2D eigenvalue weighted by atomic mass is 32.2. The summed E-state index contributed by atoms with van der Waals surface area (Å²) in [7, 11) is -3.51. The van der Waals surface area contributed by atoms with E-state index in [-0.39, 0.29) is 11.8 Å². The van der Waals surface area contributed by atoms with Crippen LogP contribution in [0.25, 0.3) is 0 Å². The fraction of sp³-hybridized carbons (Fsp3) is 0.278.